The Morgan fingerprint density at radius 3 is 2.29 bits per heavy atom. The molecule has 0 heterocycles. The molecule has 0 radical (unpaired) electrons. The molecule has 17 heavy (non-hydrogen) atoms. The van der Waals surface area contributed by atoms with Crippen molar-refractivity contribution in [1.29, 1.82) is 0 Å². The first-order valence-electron chi connectivity index (χ1n) is 5.20. The van der Waals surface area contributed by atoms with Crippen LogP contribution in [0.5, 0.6) is 0 Å². The quantitative estimate of drug-likeness (QED) is 0.675. The first-order chi connectivity index (χ1) is 7.77. The predicted molar refractivity (Wildman–Crippen MR) is 58.0 cm³/mol. The highest BCUT2D eigenvalue weighted by Crippen LogP contribution is 2.40. The zero-order valence-electron chi connectivity index (χ0n) is 9.84. The van der Waals surface area contributed by atoms with Crippen molar-refractivity contribution in [1.82, 2.24) is 0 Å². The highest BCUT2D eigenvalue weighted by molar-refractivity contribution is 7.99. The summed E-state index contributed by atoms with van der Waals surface area (Å²) in [6.45, 7) is 1.27. The predicted octanol–water partition coefficient (Wildman–Crippen LogP) is -0.531. The number of hydrogen-bond acceptors (Lipinski definition) is 5. The Balaban J connectivity index is 3.01. The molecule has 0 aromatic carbocycles. The molecular formula is C10H17F2O4S-. The average molecular weight is 271 g/mol. The maximum atomic E-state index is 13.7. The van der Waals surface area contributed by atoms with Crippen molar-refractivity contribution in [3.8, 4) is 0 Å². The van der Waals surface area contributed by atoms with Gasteiger partial charge in [-0.2, -0.15) is 0 Å². The number of halogens is 2. The van der Waals surface area contributed by atoms with E-state index in [4.69, 9.17) is 0 Å². The fraction of sp³-hybridized carbons (Fsp3) is 1.00. The van der Waals surface area contributed by atoms with Crippen LogP contribution in [0.15, 0.2) is 0 Å². The van der Waals surface area contributed by atoms with E-state index in [9.17, 15) is 24.1 Å². The van der Waals surface area contributed by atoms with Crippen LogP contribution in [0.1, 0.15) is 6.92 Å². The van der Waals surface area contributed by atoms with Gasteiger partial charge in [0.05, 0.1) is 6.10 Å². The molecule has 0 bridgehead atoms. The Morgan fingerprint density at radius 2 is 1.88 bits per heavy atom. The van der Waals surface area contributed by atoms with Crippen molar-refractivity contribution in [2.24, 2.45) is 5.92 Å². The SMILES string of the molecule is COC1C(F)C([O-])C(C(C)(O)SC)C(O)C1F. The summed E-state index contributed by atoms with van der Waals surface area (Å²) < 4.78 is 31.9. The van der Waals surface area contributed by atoms with E-state index in [1.165, 1.54) is 13.2 Å². The van der Waals surface area contributed by atoms with Crippen molar-refractivity contribution in [2.45, 2.75) is 42.5 Å². The van der Waals surface area contributed by atoms with Gasteiger partial charge in [0.25, 0.3) is 0 Å². The van der Waals surface area contributed by atoms with Gasteiger partial charge in [0.15, 0.2) is 6.17 Å². The smallest absolute Gasteiger partial charge is 0.155 e. The molecule has 4 nitrogen and oxygen atoms in total. The van der Waals surface area contributed by atoms with E-state index in [0.29, 0.717) is 0 Å². The van der Waals surface area contributed by atoms with Crippen molar-refractivity contribution in [2.75, 3.05) is 13.4 Å². The molecule has 0 aromatic rings. The van der Waals surface area contributed by atoms with E-state index >= 15 is 0 Å². The summed E-state index contributed by atoms with van der Waals surface area (Å²) in [5.41, 5.74) is 0. The van der Waals surface area contributed by atoms with E-state index in [-0.39, 0.29) is 0 Å². The number of rotatable bonds is 3. The number of aliphatic hydroxyl groups is 2. The van der Waals surface area contributed by atoms with Crippen LogP contribution in [-0.4, -0.2) is 59.2 Å². The summed E-state index contributed by atoms with van der Waals surface area (Å²) in [5.74, 6) is -1.42. The number of alkyl halides is 2. The Kier molecular flexibility index (Phi) is 4.76. The average Bonchev–Trinajstić information content (AvgIpc) is 2.27. The fourth-order valence-corrected chi connectivity index (χ4v) is 2.71. The Morgan fingerprint density at radius 1 is 1.35 bits per heavy atom. The van der Waals surface area contributed by atoms with Gasteiger partial charge in [-0.05, 0) is 13.2 Å². The zero-order valence-corrected chi connectivity index (χ0v) is 10.7. The second-order valence-corrected chi connectivity index (χ2v) is 5.56. The minimum Gasteiger partial charge on any atom is -0.849 e. The van der Waals surface area contributed by atoms with Gasteiger partial charge in [0.2, 0.25) is 0 Å². The zero-order chi connectivity index (χ0) is 13.4. The molecule has 1 aliphatic rings. The van der Waals surface area contributed by atoms with Gasteiger partial charge in [-0.3, -0.25) is 0 Å². The standard InChI is InChI=1S/C10H17F2O4S/c1-10(15,17-3)4-7(13)5(11)9(16-2)6(12)8(4)14/h4-9,13,15H,1-3H3/q-1. The number of ether oxygens (including phenoxy) is 1. The Hall–Kier alpha value is 0.0500. The lowest BCUT2D eigenvalue weighted by Gasteiger charge is -2.51. The fourth-order valence-electron chi connectivity index (χ4n) is 2.17. The molecule has 7 atom stereocenters. The molecule has 0 saturated heterocycles. The van der Waals surface area contributed by atoms with E-state index in [1.54, 1.807) is 0 Å². The second-order valence-electron chi connectivity index (χ2n) is 4.33. The molecule has 1 aliphatic carbocycles. The number of thioether (sulfide) groups is 1. The van der Waals surface area contributed by atoms with Crippen molar-refractivity contribution in [3.05, 3.63) is 0 Å². The lowest BCUT2D eigenvalue weighted by atomic mass is 9.77. The van der Waals surface area contributed by atoms with Gasteiger partial charge >= 0.3 is 0 Å². The molecule has 0 aliphatic heterocycles. The van der Waals surface area contributed by atoms with Crippen LogP contribution in [0.3, 0.4) is 0 Å². The van der Waals surface area contributed by atoms with Crippen LogP contribution in [0, 0.1) is 5.92 Å². The molecule has 102 valence electrons. The summed E-state index contributed by atoms with van der Waals surface area (Å²) in [5, 5.41) is 31.4. The summed E-state index contributed by atoms with van der Waals surface area (Å²) in [6, 6.07) is 0. The molecule has 1 saturated carbocycles. The van der Waals surface area contributed by atoms with E-state index < -0.39 is 41.5 Å². The van der Waals surface area contributed by atoms with Gasteiger partial charge in [-0.15, -0.1) is 11.8 Å². The number of hydrogen-bond donors (Lipinski definition) is 2. The highest BCUT2D eigenvalue weighted by Gasteiger charge is 2.52. The summed E-state index contributed by atoms with van der Waals surface area (Å²) in [7, 11) is 1.08. The monoisotopic (exact) mass is 271 g/mol. The first kappa shape index (κ1) is 15.1. The van der Waals surface area contributed by atoms with Crippen LogP contribution in [-0.2, 0) is 4.74 Å². The van der Waals surface area contributed by atoms with Gasteiger partial charge in [-0.25, -0.2) is 8.78 Å². The van der Waals surface area contributed by atoms with Gasteiger partial charge in [0, 0.05) is 13.0 Å². The lowest BCUT2D eigenvalue weighted by molar-refractivity contribution is -0.469. The van der Waals surface area contributed by atoms with Crippen LogP contribution in [0.25, 0.3) is 0 Å². The Labute approximate surface area is 103 Å². The molecule has 0 amide bonds. The first-order valence-corrected chi connectivity index (χ1v) is 6.42. The molecule has 7 heteroatoms. The molecular weight excluding hydrogens is 254 g/mol. The summed E-state index contributed by atoms with van der Waals surface area (Å²) in [6.07, 6.45) is -7.86. The minimum absolute atomic E-state index is 0.875. The maximum absolute atomic E-state index is 13.7. The van der Waals surface area contributed by atoms with Crippen molar-refractivity contribution >= 4 is 11.8 Å². The molecule has 1 rings (SSSR count). The third-order valence-electron chi connectivity index (χ3n) is 3.29. The molecule has 1 fully saturated rings. The molecule has 0 aromatic heterocycles. The van der Waals surface area contributed by atoms with Crippen LogP contribution < -0.4 is 5.11 Å². The number of methoxy groups -OCH3 is 1. The molecule has 7 unspecified atom stereocenters. The van der Waals surface area contributed by atoms with E-state index in [2.05, 4.69) is 4.74 Å². The van der Waals surface area contributed by atoms with Gasteiger partial charge < -0.3 is 20.1 Å². The van der Waals surface area contributed by atoms with Gasteiger partial charge in [0.1, 0.15) is 17.2 Å². The van der Waals surface area contributed by atoms with Crippen molar-refractivity contribution < 1.29 is 28.8 Å². The largest absolute Gasteiger partial charge is 0.849 e. The topological polar surface area (TPSA) is 72.8 Å². The third kappa shape index (κ3) is 2.58. The van der Waals surface area contributed by atoms with Crippen LogP contribution >= 0.6 is 11.8 Å². The third-order valence-corrected chi connectivity index (χ3v) is 4.39. The van der Waals surface area contributed by atoms with Crippen LogP contribution in [0.4, 0.5) is 8.78 Å². The normalized spacial score (nSPS) is 46.6. The van der Waals surface area contributed by atoms with Crippen LogP contribution in [0.2, 0.25) is 0 Å². The van der Waals surface area contributed by atoms with Crippen molar-refractivity contribution in [3.63, 3.8) is 0 Å². The summed E-state index contributed by atoms with van der Waals surface area (Å²) in [4.78, 5) is -1.68. The molecule has 2 N–H and O–H groups in total. The van der Waals surface area contributed by atoms with E-state index in [0.717, 1.165) is 18.9 Å². The highest BCUT2D eigenvalue weighted by atomic mass is 32.2. The minimum atomic E-state index is -2.10. The summed E-state index contributed by atoms with van der Waals surface area (Å²) >= 11 is 0.875. The van der Waals surface area contributed by atoms with Gasteiger partial charge in [-0.1, -0.05) is 6.10 Å². The lowest BCUT2D eigenvalue weighted by Crippen LogP contribution is -2.67. The number of aliphatic hydroxyl groups excluding tert-OH is 1. The second kappa shape index (κ2) is 5.36. The molecule has 0 spiro atoms. The van der Waals surface area contributed by atoms with E-state index in [1.807, 2.05) is 0 Å². The maximum Gasteiger partial charge on any atom is 0.155 e. The Bertz CT molecular complexity index is 251.